The van der Waals surface area contributed by atoms with Crippen LogP contribution in [0.1, 0.15) is 36.0 Å². The van der Waals surface area contributed by atoms with Crippen molar-refractivity contribution in [2.24, 2.45) is 0 Å². The van der Waals surface area contributed by atoms with Crippen LogP contribution in [0.25, 0.3) is 0 Å². The molecule has 2 fully saturated rings. The van der Waals surface area contributed by atoms with E-state index in [4.69, 9.17) is 0 Å². The maximum Gasteiger partial charge on any atom is 0.253 e. The second-order valence-electron chi connectivity index (χ2n) is 5.21. The van der Waals surface area contributed by atoms with E-state index in [1.165, 1.54) is 25.8 Å². The average molecular weight is 245 g/mol. The van der Waals surface area contributed by atoms with Gasteiger partial charge >= 0.3 is 0 Å². The molecule has 1 amide bonds. The molecule has 0 bridgehead atoms. The highest BCUT2D eigenvalue weighted by Crippen LogP contribution is 2.27. The fraction of sp³-hybridized carbons (Fsp3) is 0.571. The van der Waals surface area contributed by atoms with Crippen molar-refractivity contribution in [3.05, 3.63) is 30.1 Å². The molecule has 0 saturated carbocycles. The van der Waals surface area contributed by atoms with Crippen LogP contribution >= 0.6 is 0 Å². The molecule has 2 unspecified atom stereocenters. The lowest BCUT2D eigenvalue weighted by Crippen LogP contribution is -2.46. The van der Waals surface area contributed by atoms with E-state index in [1.807, 2.05) is 6.07 Å². The molecular weight excluding hydrogens is 226 g/mol. The summed E-state index contributed by atoms with van der Waals surface area (Å²) >= 11 is 0. The van der Waals surface area contributed by atoms with Gasteiger partial charge < -0.3 is 5.32 Å². The van der Waals surface area contributed by atoms with Gasteiger partial charge in [0, 0.05) is 31.0 Å². The van der Waals surface area contributed by atoms with E-state index < -0.39 is 0 Å². The zero-order valence-electron chi connectivity index (χ0n) is 10.5. The first-order chi connectivity index (χ1) is 8.84. The van der Waals surface area contributed by atoms with Crippen molar-refractivity contribution in [1.29, 1.82) is 0 Å². The van der Waals surface area contributed by atoms with Gasteiger partial charge in [-0.2, -0.15) is 0 Å². The zero-order valence-corrected chi connectivity index (χ0v) is 10.5. The minimum atomic E-state index is 0.0144. The van der Waals surface area contributed by atoms with Gasteiger partial charge in [-0.1, -0.05) is 6.42 Å². The number of pyridine rings is 1. The van der Waals surface area contributed by atoms with E-state index in [-0.39, 0.29) is 5.91 Å². The summed E-state index contributed by atoms with van der Waals surface area (Å²) in [5.41, 5.74) is 0.659. The van der Waals surface area contributed by atoms with Crippen molar-refractivity contribution >= 4 is 5.91 Å². The summed E-state index contributed by atoms with van der Waals surface area (Å²) in [5, 5.41) is 3.17. The molecule has 0 spiro atoms. The number of piperidine rings is 1. The highest BCUT2D eigenvalue weighted by molar-refractivity contribution is 5.94. The first kappa shape index (κ1) is 11.7. The van der Waals surface area contributed by atoms with Gasteiger partial charge in [0.1, 0.15) is 0 Å². The summed E-state index contributed by atoms with van der Waals surface area (Å²) in [7, 11) is 0. The third-order valence-electron chi connectivity index (χ3n) is 4.10. The van der Waals surface area contributed by atoms with Gasteiger partial charge in [-0.05, 0) is 37.9 Å². The third kappa shape index (κ3) is 2.25. The van der Waals surface area contributed by atoms with E-state index in [0.717, 1.165) is 13.0 Å². The number of amides is 1. The Bertz CT molecular complexity index is 420. The Morgan fingerprint density at radius 1 is 1.33 bits per heavy atom. The molecule has 18 heavy (non-hydrogen) atoms. The van der Waals surface area contributed by atoms with Crippen LogP contribution in [0.15, 0.2) is 24.5 Å². The monoisotopic (exact) mass is 245 g/mol. The largest absolute Gasteiger partial charge is 0.348 e. The summed E-state index contributed by atoms with van der Waals surface area (Å²) in [4.78, 5) is 18.6. The minimum absolute atomic E-state index is 0.0144. The Kier molecular flexibility index (Phi) is 3.28. The van der Waals surface area contributed by atoms with Crippen LogP contribution in [0.4, 0.5) is 0 Å². The lowest BCUT2D eigenvalue weighted by Gasteiger charge is -2.32. The Labute approximate surface area is 107 Å². The van der Waals surface area contributed by atoms with Crippen LogP contribution in [0, 0.1) is 0 Å². The van der Waals surface area contributed by atoms with Gasteiger partial charge in [-0.3, -0.25) is 14.7 Å². The average Bonchev–Trinajstić information content (AvgIpc) is 2.83. The number of hydrogen-bond acceptors (Lipinski definition) is 3. The summed E-state index contributed by atoms with van der Waals surface area (Å²) in [6.07, 6.45) is 8.22. The molecular formula is C14H19N3O. The van der Waals surface area contributed by atoms with Crippen LogP contribution in [0.3, 0.4) is 0 Å². The number of rotatable bonds is 2. The van der Waals surface area contributed by atoms with Crippen molar-refractivity contribution in [1.82, 2.24) is 15.2 Å². The van der Waals surface area contributed by atoms with Crippen molar-refractivity contribution in [3.63, 3.8) is 0 Å². The number of carbonyl (C=O) groups excluding carboxylic acids is 1. The number of hydrogen-bond donors (Lipinski definition) is 1. The number of fused-ring (bicyclic) bond motifs is 1. The van der Waals surface area contributed by atoms with Crippen molar-refractivity contribution in [2.45, 2.75) is 37.8 Å². The lowest BCUT2D eigenvalue weighted by molar-refractivity contribution is 0.0915. The van der Waals surface area contributed by atoms with Crippen LogP contribution in [-0.2, 0) is 0 Å². The first-order valence-corrected chi connectivity index (χ1v) is 6.79. The Hall–Kier alpha value is -1.42. The van der Waals surface area contributed by atoms with Gasteiger partial charge in [-0.25, -0.2) is 0 Å². The molecule has 3 heterocycles. The predicted octanol–water partition coefficient (Wildman–Crippen LogP) is 1.44. The Balaban J connectivity index is 1.65. The van der Waals surface area contributed by atoms with E-state index in [2.05, 4.69) is 15.2 Å². The van der Waals surface area contributed by atoms with Crippen LogP contribution in [-0.4, -0.2) is 41.0 Å². The molecule has 2 atom stereocenters. The highest BCUT2D eigenvalue weighted by Gasteiger charge is 2.36. The molecule has 2 aliphatic heterocycles. The number of carbonyl (C=O) groups is 1. The number of nitrogens with one attached hydrogen (secondary N) is 1. The molecule has 3 rings (SSSR count). The van der Waals surface area contributed by atoms with E-state index >= 15 is 0 Å². The lowest BCUT2D eigenvalue weighted by atomic mass is 9.99. The molecule has 2 saturated heterocycles. The topological polar surface area (TPSA) is 45.2 Å². The standard InChI is InChI=1S/C14H19N3O/c18-14(11-4-3-7-15-10-11)16-12-6-9-17-8-2-1-5-13(12)17/h3-4,7,10,12-13H,1-2,5-6,8-9H2,(H,16,18). The number of aromatic nitrogens is 1. The SMILES string of the molecule is O=C(NC1CCN2CCCCC12)c1cccnc1. The quantitative estimate of drug-likeness (QED) is 0.857. The van der Waals surface area contributed by atoms with Crippen molar-refractivity contribution in [2.75, 3.05) is 13.1 Å². The Morgan fingerprint density at radius 3 is 3.11 bits per heavy atom. The molecule has 96 valence electrons. The smallest absolute Gasteiger partial charge is 0.253 e. The van der Waals surface area contributed by atoms with E-state index in [9.17, 15) is 4.79 Å². The van der Waals surface area contributed by atoms with Crippen LogP contribution < -0.4 is 5.32 Å². The van der Waals surface area contributed by atoms with E-state index in [0.29, 0.717) is 17.6 Å². The summed E-state index contributed by atoms with van der Waals surface area (Å²) < 4.78 is 0. The highest BCUT2D eigenvalue weighted by atomic mass is 16.1. The molecule has 1 aromatic rings. The van der Waals surface area contributed by atoms with Gasteiger partial charge in [0.25, 0.3) is 5.91 Å². The van der Waals surface area contributed by atoms with Crippen molar-refractivity contribution < 1.29 is 4.79 Å². The third-order valence-corrected chi connectivity index (χ3v) is 4.10. The maximum absolute atomic E-state index is 12.1. The molecule has 4 nitrogen and oxygen atoms in total. The summed E-state index contributed by atoms with van der Waals surface area (Å²) in [6.45, 7) is 2.33. The second kappa shape index (κ2) is 5.06. The summed E-state index contributed by atoms with van der Waals surface area (Å²) in [6, 6.07) is 4.49. The van der Waals surface area contributed by atoms with Gasteiger partial charge in [0.2, 0.25) is 0 Å². The number of nitrogens with zero attached hydrogens (tertiary/aromatic N) is 2. The maximum atomic E-state index is 12.1. The van der Waals surface area contributed by atoms with Gasteiger partial charge in [-0.15, -0.1) is 0 Å². The summed E-state index contributed by atoms with van der Waals surface area (Å²) in [5.74, 6) is 0.0144. The predicted molar refractivity (Wildman–Crippen MR) is 69.3 cm³/mol. The van der Waals surface area contributed by atoms with Crippen molar-refractivity contribution in [3.8, 4) is 0 Å². The van der Waals surface area contributed by atoms with Gasteiger partial charge in [0.15, 0.2) is 0 Å². The fourth-order valence-corrected chi connectivity index (χ4v) is 3.16. The molecule has 1 aromatic heterocycles. The molecule has 0 radical (unpaired) electrons. The molecule has 1 N–H and O–H groups in total. The normalized spacial score (nSPS) is 27.8. The molecule has 0 aromatic carbocycles. The minimum Gasteiger partial charge on any atom is -0.348 e. The first-order valence-electron chi connectivity index (χ1n) is 6.79. The molecule has 4 heteroatoms. The zero-order chi connectivity index (χ0) is 12.4. The fourth-order valence-electron chi connectivity index (χ4n) is 3.16. The second-order valence-corrected chi connectivity index (χ2v) is 5.21. The molecule has 0 aliphatic carbocycles. The molecule has 2 aliphatic rings. The van der Waals surface area contributed by atoms with Crippen LogP contribution in [0.5, 0.6) is 0 Å². The van der Waals surface area contributed by atoms with Crippen LogP contribution in [0.2, 0.25) is 0 Å². The Morgan fingerprint density at radius 2 is 2.28 bits per heavy atom. The van der Waals surface area contributed by atoms with E-state index in [1.54, 1.807) is 18.5 Å². The van der Waals surface area contributed by atoms with Gasteiger partial charge in [0.05, 0.1) is 5.56 Å².